The van der Waals surface area contributed by atoms with Crippen molar-refractivity contribution in [1.29, 1.82) is 0 Å². The van der Waals surface area contributed by atoms with E-state index in [0.717, 1.165) is 11.2 Å². The van der Waals surface area contributed by atoms with Crippen LogP contribution in [0.5, 0.6) is 0 Å². The molecule has 0 bridgehead atoms. The second-order valence-electron chi connectivity index (χ2n) is 9.23. The van der Waals surface area contributed by atoms with Crippen molar-refractivity contribution < 1.29 is 4.42 Å². The second-order valence-corrected chi connectivity index (χ2v) is 9.23. The third-order valence-corrected chi connectivity index (χ3v) is 6.96. The number of benzene rings is 5. The fourth-order valence-corrected chi connectivity index (χ4v) is 5.66. The number of hydrogen-bond acceptors (Lipinski definition) is 1. The van der Waals surface area contributed by atoms with Crippen molar-refractivity contribution >= 4 is 21.9 Å². The zero-order valence-electron chi connectivity index (χ0n) is 30.2. The van der Waals surface area contributed by atoms with Crippen LogP contribution in [-0.4, -0.2) is 0 Å². The van der Waals surface area contributed by atoms with Crippen molar-refractivity contribution in [1.82, 2.24) is 0 Å². The Morgan fingerprint density at radius 2 is 0.867 bits per heavy atom. The molecule has 0 radical (unpaired) electrons. The fourth-order valence-electron chi connectivity index (χ4n) is 5.66. The maximum atomic E-state index is 6.34. The van der Waals surface area contributed by atoms with Crippen molar-refractivity contribution in [2.75, 3.05) is 0 Å². The van der Waals surface area contributed by atoms with Gasteiger partial charge >= 0.3 is 0 Å². The van der Waals surface area contributed by atoms with Crippen LogP contribution in [-0.2, 0) is 5.41 Å². The minimum absolute atomic E-state index is 0.387. The van der Waals surface area contributed by atoms with Crippen LogP contribution >= 0.6 is 0 Å². The lowest BCUT2D eigenvalue weighted by atomic mass is 9.67. The maximum absolute atomic E-state index is 6.34. The molecule has 5 aromatic carbocycles. The van der Waals surface area contributed by atoms with Crippen molar-refractivity contribution in [2.45, 2.75) is 94.9 Å². The van der Waals surface area contributed by atoms with Crippen molar-refractivity contribution in [3.63, 3.8) is 0 Å². The first kappa shape index (κ1) is 38.9. The van der Waals surface area contributed by atoms with E-state index in [2.05, 4.69) is 129 Å². The molecule has 1 aliphatic rings. The molecule has 0 saturated heterocycles. The molecule has 1 heterocycles. The summed E-state index contributed by atoms with van der Waals surface area (Å²) in [6.07, 6.45) is 1.25. The van der Waals surface area contributed by atoms with E-state index in [1.807, 2.05) is 75.3 Å². The minimum atomic E-state index is -0.387. The molecule has 0 amide bonds. The average molecular weight is 603 g/mol. The molecule has 0 saturated carbocycles. The monoisotopic (exact) mass is 602 g/mol. The molecule has 0 unspecified atom stereocenters. The molecule has 1 heteroatoms. The maximum Gasteiger partial charge on any atom is 0.135 e. The van der Waals surface area contributed by atoms with Gasteiger partial charge < -0.3 is 4.42 Å². The second kappa shape index (κ2) is 20.8. The third kappa shape index (κ3) is 7.77. The van der Waals surface area contributed by atoms with E-state index in [-0.39, 0.29) is 5.41 Å². The zero-order valence-corrected chi connectivity index (χ0v) is 30.2. The first-order valence-corrected chi connectivity index (χ1v) is 17.5. The summed E-state index contributed by atoms with van der Waals surface area (Å²) in [5.74, 6) is 0. The summed E-state index contributed by atoms with van der Waals surface area (Å²) in [7, 11) is 0. The first-order valence-electron chi connectivity index (χ1n) is 17.5. The van der Waals surface area contributed by atoms with Gasteiger partial charge in [-0.05, 0) is 51.6 Å². The summed E-state index contributed by atoms with van der Waals surface area (Å²) < 4.78 is 6.34. The Hall–Kier alpha value is -4.10. The standard InChI is InChI=1S/C31H20O.C3H8.5C2H6/c1-3-11-21(12-4-1)31(22-13-5-2-6-14-22)27-17-9-7-15-23(27)25-19-26-24-16-8-10-18-29(24)32-30(26)20-28(25)31;1-3-2;5*1-2/h1-20H;3H2,1-2H3;5*1-2H3. The van der Waals surface area contributed by atoms with Gasteiger partial charge in [-0.1, -0.05) is 193 Å². The Labute approximate surface area is 275 Å². The van der Waals surface area contributed by atoms with Gasteiger partial charge in [0.15, 0.2) is 0 Å². The zero-order chi connectivity index (χ0) is 33.8. The topological polar surface area (TPSA) is 13.1 Å². The molecule has 240 valence electrons. The Balaban J connectivity index is 0.000000695. The van der Waals surface area contributed by atoms with Crippen molar-refractivity contribution in [3.05, 3.63) is 144 Å². The van der Waals surface area contributed by atoms with Crippen molar-refractivity contribution in [2.24, 2.45) is 0 Å². The van der Waals surface area contributed by atoms with Crippen LogP contribution in [0.2, 0.25) is 0 Å². The molecule has 0 aliphatic heterocycles. The highest BCUT2D eigenvalue weighted by Crippen LogP contribution is 2.57. The smallest absolute Gasteiger partial charge is 0.135 e. The van der Waals surface area contributed by atoms with Gasteiger partial charge in [0.05, 0.1) is 5.41 Å². The van der Waals surface area contributed by atoms with Crippen LogP contribution in [0, 0.1) is 0 Å². The molecule has 1 aromatic heterocycles. The fraction of sp³-hybridized carbons (Fsp3) is 0.318. The van der Waals surface area contributed by atoms with Crippen LogP contribution in [0.3, 0.4) is 0 Å². The molecule has 45 heavy (non-hydrogen) atoms. The average Bonchev–Trinajstić information content (AvgIpc) is 3.66. The lowest BCUT2D eigenvalue weighted by Gasteiger charge is -2.33. The van der Waals surface area contributed by atoms with E-state index in [9.17, 15) is 0 Å². The number of hydrogen-bond donors (Lipinski definition) is 0. The van der Waals surface area contributed by atoms with Gasteiger partial charge in [0.25, 0.3) is 0 Å². The van der Waals surface area contributed by atoms with E-state index in [1.165, 1.54) is 50.6 Å². The van der Waals surface area contributed by atoms with Gasteiger partial charge in [0.1, 0.15) is 11.2 Å². The van der Waals surface area contributed by atoms with Crippen LogP contribution in [0.25, 0.3) is 33.1 Å². The SMILES string of the molecule is CC.CC.CC.CC.CC.CCC.c1ccc(C2(c3ccccc3)c3ccccc3-c3cc4c(cc32)oc2ccccc24)cc1. The molecule has 0 atom stereocenters. The molecule has 1 nitrogen and oxygen atoms in total. The van der Waals surface area contributed by atoms with E-state index >= 15 is 0 Å². The number of para-hydroxylation sites is 1. The van der Waals surface area contributed by atoms with E-state index < -0.39 is 0 Å². The molecular weight excluding hydrogens is 544 g/mol. The van der Waals surface area contributed by atoms with E-state index in [1.54, 1.807) is 0 Å². The lowest BCUT2D eigenvalue weighted by molar-refractivity contribution is 0.666. The largest absolute Gasteiger partial charge is 0.456 e. The summed E-state index contributed by atoms with van der Waals surface area (Å²) >= 11 is 0. The van der Waals surface area contributed by atoms with Crippen LogP contribution in [0.1, 0.15) is 112 Å². The number of fused-ring (bicyclic) bond motifs is 6. The molecule has 0 N–H and O–H groups in total. The van der Waals surface area contributed by atoms with Gasteiger partial charge in [-0.25, -0.2) is 0 Å². The van der Waals surface area contributed by atoms with E-state index in [0.29, 0.717) is 0 Å². The Morgan fingerprint density at radius 3 is 1.40 bits per heavy atom. The summed E-state index contributed by atoms with van der Waals surface area (Å²) in [5, 5.41) is 2.34. The highest BCUT2D eigenvalue weighted by atomic mass is 16.3. The highest BCUT2D eigenvalue weighted by molar-refractivity contribution is 6.08. The highest BCUT2D eigenvalue weighted by Gasteiger charge is 2.46. The molecular formula is C44H58O. The first-order chi connectivity index (χ1) is 22.3. The Kier molecular flexibility index (Phi) is 18.0. The third-order valence-electron chi connectivity index (χ3n) is 6.96. The molecule has 7 rings (SSSR count). The van der Waals surface area contributed by atoms with Gasteiger partial charge in [-0.15, -0.1) is 0 Å². The number of furan rings is 1. The summed E-state index contributed by atoms with van der Waals surface area (Å²) in [5.41, 5.74) is 9.21. The molecule has 1 aliphatic carbocycles. The van der Waals surface area contributed by atoms with Gasteiger partial charge in [0, 0.05) is 10.8 Å². The summed E-state index contributed by atoms with van der Waals surface area (Å²) in [6, 6.07) is 43.5. The van der Waals surface area contributed by atoms with Crippen LogP contribution < -0.4 is 0 Å². The van der Waals surface area contributed by atoms with Gasteiger partial charge in [0.2, 0.25) is 0 Å². The Morgan fingerprint density at radius 1 is 0.422 bits per heavy atom. The van der Waals surface area contributed by atoms with E-state index in [4.69, 9.17) is 4.42 Å². The minimum Gasteiger partial charge on any atom is -0.456 e. The Bertz CT molecular complexity index is 1580. The number of rotatable bonds is 2. The predicted molar refractivity (Wildman–Crippen MR) is 204 cm³/mol. The lowest BCUT2D eigenvalue weighted by Crippen LogP contribution is -2.28. The van der Waals surface area contributed by atoms with Crippen LogP contribution in [0.4, 0.5) is 0 Å². The quantitative estimate of drug-likeness (QED) is 0.192. The summed E-state index contributed by atoms with van der Waals surface area (Å²) in [6.45, 7) is 24.2. The predicted octanol–water partition coefficient (Wildman–Crippen LogP) is 14.5. The van der Waals surface area contributed by atoms with Crippen molar-refractivity contribution in [3.8, 4) is 11.1 Å². The van der Waals surface area contributed by atoms with Crippen LogP contribution in [0.15, 0.2) is 126 Å². The molecule has 0 fully saturated rings. The molecule has 0 spiro atoms. The van der Waals surface area contributed by atoms with Gasteiger partial charge in [-0.3, -0.25) is 0 Å². The normalized spacial score (nSPS) is 10.9. The van der Waals surface area contributed by atoms with Gasteiger partial charge in [-0.2, -0.15) is 0 Å². The summed E-state index contributed by atoms with van der Waals surface area (Å²) in [4.78, 5) is 0. The molecule has 6 aromatic rings.